The molecule has 0 aromatic carbocycles. The lowest BCUT2D eigenvalue weighted by molar-refractivity contribution is -0.150. The number of carbonyl (C=O) groups excluding carboxylic acids is 3. The molecule has 162 valence electrons. The van der Waals surface area contributed by atoms with E-state index >= 15 is 0 Å². The Bertz CT molecular complexity index is 887. The highest BCUT2D eigenvalue weighted by Gasteiger charge is 2.54. The summed E-state index contributed by atoms with van der Waals surface area (Å²) in [5.74, 6) is -2.46. The lowest BCUT2D eigenvalue weighted by Gasteiger charge is -2.49. The third-order valence-corrected chi connectivity index (χ3v) is 6.62. The van der Waals surface area contributed by atoms with Crippen molar-refractivity contribution in [2.24, 2.45) is 15.9 Å². The summed E-state index contributed by atoms with van der Waals surface area (Å²) in [6.07, 6.45) is 0. The Morgan fingerprint density at radius 2 is 2.17 bits per heavy atom. The lowest BCUT2D eigenvalue weighted by Crippen LogP contribution is -2.71. The molecule has 30 heavy (non-hydrogen) atoms. The van der Waals surface area contributed by atoms with Crippen molar-refractivity contribution in [2.75, 3.05) is 25.2 Å². The van der Waals surface area contributed by atoms with Crippen molar-refractivity contribution >= 4 is 58.2 Å². The molecule has 0 aromatic rings. The van der Waals surface area contributed by atoms with Gasteiger partial charge in [0.1, 0.15) is 36.9 Å². The number of esters is 1. The zero-order chi connectivity index (χ0) is 22.0. The van der Waals surface area contributed by atoms with Crippen molar-refractivity contribution in [1.29, 1.82) is 0 Å². The van der Waals surface area contributed by atoms with Gasteiger partial charge in [-0.05, 0) is 0 Å². The van der Waals surface area contributed by atoms with Crippen molar-refractivity contribution in [3.63, 3.8) is 0 Å². The molecule has 2 amide bonds. The van der Waals surface area contributed by atoms with Crippen LogP contribution in [0.1, 0.15) is 6.92 Å². The molecule has 3 aliphatic rings. The smallest absolute Gasteiger partial charge is 0.352 e. The van der Waals surface area contributed by atoms with Crippen LogP contribution in [0.25, 0.3) is 0 Å². The van der Waals surface area contributed by atoms with E-state index in [1.165, 1.54) is 37.6 Å². The summed E-state index contributed by atoms with van der Waals surface area (Å²) in [6.45, 7) is 0.987. The maximum atomic E-state index is 12.7. The second-order valence-corrected chi connectivity index (χ2v) is 8.50. The third kappa shape index (κ3) is 4.23. The number of β-lactam (4-membered cyclic amide) rings is 1. The zero-order valence-electron chi connectivity index (χ0n) is 16.0. The number of rotatable bonds is 7. The Hall–Kier alpha value is -2.74. The maximum absolute atomic E-state index is 12.7. The molecule has 0 saturated carbocycles. The molecule has 0 radical (unpaired) electrons. The van der Waals surface area contributed by atoms with Gasteiger partial charge in [0.05, 0.1) is 0 Å². The summed E-state index contributed by atoms with van der Waals surface area (Å²) in [7, 11) is 1.28. The van der Waals surface area contributed by atoms with Gasteiger partial charge >= 0.3 is 11.9 Å². The molecule has 3 rings (SSSR count). The molecule has 3 atom stereocenters. The fraction of sp³-hybridized carbons (Fsp3) is 0.500. The van der Waals surface area contributed by atoms with Crippen LogP contribution in [0.2, 0.25) is 0 Å². The van der Waals surface area contributed by atoms with E-state index < -0.39 is 41.2 Å². The van der Waals surface area contributed by atoms with E-state index in [0.29, 0.717) is 16.5 Å². The van der Waals surface area contributed by atoms with Crippen LogP contribution in [0.3, 0.4) is 0 Å². The highest BCUT2D eigenvalue weighted by molar-refractivity contribution is 8.14. The minimum atomic E-state index is -1.31. The number of nitrogens with two attached hydrogens (primary N) is 1. The number of aliphatic imine (C=N–C) groups is 1. The van der Waals surface area contributed by atoms with Gasteiger partial charge in [-0.15, -0.1) is 11.8 Å². The number of hydrogen-bond acceptors (Lipinski definition) is 11. The average Bonchev–Trinajstić information content (AvgIpc) is 3.13. The lowest BCUT2D eigenvalue weighted by atomic mass is 10.0. The number of carbonyl (C=O) groups is 4. The van der Waals surface area contributed by atoms with Gasteiger partial charge in [0.25, 0.3) is 11.8 Å². The summed E-state index contributed by atoms with van der Waals surface area (Å²) < 4.78 is 4.88. The summed E-state index contributed by atoms with van der Waals surface area (Å²) in [6, 6.07) is -1.55. The normalized spacial score (nSPS) is 25.9. The predicted molar refractivity (Wildman–Crippen MR) is 109 cm³/mol. The number of hydrogen-bond donors (Lipinski definition) is 3. The highest BCUT2D eigenvalue weighted by Crippen LogP contribution is 2.40. The second kappa shape index (κ2) is 8.95. The first-order valence-electron chi connectivity index (χ1n) is 8.66. The molecule has 1 unspecified atom stereocenters. The largest absolute Gasteiger partial charge is 0.477 e. The number of carboxylic acid groups (broad SMARTS) is 1. The number of oxime groups is 1. The minimum Gasteiger partial charge on any atom is -0.477 e. The Morgan fingerprint density at radius 3 is 2.73 bits per heavy atom. The standard InChI is InChI=1S/C16H19N5O7S2/c1-6(22)28-3-7-4-29-14-10(13(24)21(14)11(7)15(25)26)19-12(23)9(20-27-2)8-5-30-16(17)18-8/h8,10,14H,3-5H2,1-2H3,(H2,17,18)(H,19,23)(H,25,26)/b20-9-/t8?,10-,14-/m1/s1. The summed E-state index contributed by atoms with van der Waals surface area (Å²) in [5.41, 5.74) is 5.69. The van der Waals surface area contributed by atoms with E-state index in [4.69, 9.17) is 15.3 Å². The van der Waals surface area contributed by atoms with Gasteiger partial charge in [-0.2, -0.15) is 0 Å². The molecule has 0 spiro atoms. The van der Waals surface area contributed by atoms with E-state index in [1.54, 1.807) is 0 Å². The van der Waals surface area contributed by atoms with Crippen molar-refractivity contribution in [3.8, 4) is 0 Å². The summed E-state index contributed by atoms with van der Waals surface area (Å²) in [5, 5.41) is 15.6. The molecule has 0 aromatic heterocycles. The monoisotopic (exact) mass is 457 g/mol. The Balaban J connectivity index is 1.74. The first kappa shape index (κ1) is 22.0. The van der Waals surface area contributed by atoms with Crippen LogP contribution in [-0.4, -0.2) is 87.3 Å². The van der Waals surface area contributed by atoms with Gasteiger partial charge < -0.3 is 25.7 Å². The van der Waals surface area contributed by atoms with Crippen LogP contribution in [0, 0.1) is 0 Å². The van der Waals surface area contributed by atoms with E-state index in [0.717, 1.165) is 4.90 Å². The maximum Gasteiger partial charge on any atom is 0.352 e. The quantitative estimate of drug-likeness (QED) is 0.181. The number of thioether (sulfide) groups is 2. The van der Waals surface area contributed by atoms with Gasteiger partial charge in [0.15, 0.2) is 10.9 Å². The van der Waals surface area contributed by atoms with E-state index in [1.807, 2.05) is 0 Å². The highest BCUT2D eigenvalue weighted by atomic mass is 32.2. The van der Waals surface area contributed by atoms with Crippen LogP contribution in [-0.2, 0) is 28.8 Å². The van der Waals surface area contributed by atoms with E-state index in [9.17, 15) is 24.3 Å². The van der Waals surface area contributed by atoms with Crippen LogP contribution in [0.5, 0.6) is 0 Å². The van der Waals surface area contributed by atoms with Crippen LogP contribution < -0.4 is 11.1 Å². The molecule has 0 aliphatic carbocycles. The zero-order valence-corrected chi connectivity index (χ0v) is 17.6. The molecule has 1 saturated heterocycles. The molecule has 12 nitrogen and oxygen atoms in total. The van der Waals surface area contributed by atoms with Crippen LogP contribution in [0.4, 0.5) is 0 Å². The molecular formula is C16H19N5O7S2. The summed E-state index contributed by atoms with van der Waals surface area (Å²) in [4.78, 5) is 58.1. The van der Waals surface area contributed by atoms with Gasteiger partial charge in [0.2, 0.25) is 0 Å². The van der Waals surface area contributed by atoms with Gasteiger partial charge in [-0.1, -0.05) is 16.9 Å². The van der Waals surface area contributed by atoms with Crippen molar-refractivity contribution in [3.05, 3.63) is 11.3 Å². The molecule has 0 bridgehead atoms. The first-order valence-corrected chi connectivity index (χ1v) is 10.7. The van der Waals surface area contributed by atoms with Crippen molar-refractivity contribution in [1.82, 2.24) is 10.2 Å². The number of amidine groups is 1. The molecule has 3 heterocycles. The topological polar surface area (TPSA) is 173 Å². The fourth-order valence-corrected chi connectivity index (χ4v) is 5.17. The number of nitrogens with one attached hydrogen (secondary N) is 1. The Kier molecular flexibility index (Phi) is 6.55. The second-order valence-electron chi connectivity index (χ2n) is 6.35. The number of ether oxygens (including phenoxy) is 1. The molecule has 3 aliphatic heterocycles. The molecule has 4 N–H and O–H groups in total. The SMILES string of the molecule is CO/N=C(\C(=O)N[C@@H]1C(=O)N2C(C(=O)O)=C(COC(C)=O)CS[C@H]12)C1CSC(N)=N1. The number of fused-ring (bicyclic) bond motifs is 1. The van der Waals surface area contributed by atoms with Crippen molar-refractivity contribution in [2.45, 2.75) is 24.4 Å². The van der Waals surface area contributed by atoms with Crippen LogP contribution in [0.15, 0.2) is 21.4 Å². The minimum absolute atomic E-state index is 0.0259. The fourth-order valence-electron chi connectivity index (χ4n) is 3.08. The molecule has 14 heteroatoms. The van der Waals surface area contributed by atoms with Gasteiger partial charge in [-0.25, -0.2) is 4.79 Å². The van der Waals surface area contributed by atoms with Gasteiger partial charge in [-0.3, -0.25) is 24.3 Å². The number of nitrogens with zero attached hydrogens (tertiary/aromatic N) is 3. The molecule has 1 fully saturated rings. The first-order chi connectivity index (χ1) is 14.2. The van der Waals surface area contributed by atoms with Gasteiger partial charge in [0, 0.05) is 24.0 Å². The number of carboxylic acids is 1. The Morgan fingerprint density at radius 1 is 1.43 bits per heavy atom. The van der Waals surface area contributed by atoms with Crippen LogP contribution >= 0.6 is 23.5 Å². The predicted octanol–water partition coefficient (Wildman–Crippen LogP) is -1.28. The van der Waals surface area contributed by atoms with Crippen molar-refractivity contribution < 1.29 is 33.9 Å². The number of aliphatic carboxylic acids is 1. The average molecular weight is 457 g/mol. The van der Waals surface area contributed by atoms with E-state index in [2.05, 4.69) is 15.5 Å². The number of amides is 2. The molecular weight excluding hydrogens is 438 g/mol. The summed E-state index contributed by atoms with van der Waals surface area (Å²) >= 11 is 2.53. The Labute approximate surface area is 179 Å². The third-order valence-electron chi connectivity index (χ3n) is 4.40. The van der Waals surface area contributed by atoms with E-state index in [-0.39, 0.29) is 23.8 Å².